The smallest absolute Gasteiger partial charge is 0.243 e. The molecule has 0 bridgehead atoms. The van der Waals surface area contributed by atoms with E-state index in [0.717, 1.165) is 28.6 Å². The molecule has 148 valence electrons. The molecule has 8 heteroatoms. The summed E-state index contributed by atoms with van der Waals surface area (Å²) < 4.78 is 29.0. The van der Waals surface area contributed by atoms with Crippen LogP contribution in [-0.4, -0.2) is 36.3 Å². The van der Waals surface area contributed by atoms with Crippen molar-refractivity contribution in [2.75, 3.05) is 13.1 Å². The Bertz CT molecular complexity index is 1080. The van der Waals surface area contributed by atoms with Crippen LogP contribution in [0.1, 0.15) is 30.7 Å². The van der Waals surface area contributed by atoms with E-state index in [1.165, 1.54) is 0 Å². The van der Waals surface area contributed by atoms with Gasteiger partial charge in [0, 0.05) is 35.1 Å². The van der Waals surface area contributed by atoms with E-state index < -0.39 is 16.1 Å². The second kappa shape index (κ2) is 7.69. The molecular weight excluding hydrogens is 394 g/mol. The Morgan fingerprint density at radius 1 is 1.21 bits per heavy atom. The highest BCUT2D eigenvalue weighted by molar-refractivity contribution is 7.89. The van der Waals surface area contributed by atoms with Crippen molar-refractivity contribution in [1.82, 2.24) is 14.2 Å². The fourth-order valence-electron chi connectivity index (χ4n) is 3.58. The third-order valence-corrected chi connectivity index (χ3v) is 7.98. The lowest BCUT2D eigenvalue weighted by Crippen LogP contribution is -2.30. The molecule has 1 amide bonds. The fourth-order valence-corrected chi connectivity index (χ4v) is 5.78. The lowest BCUT2D eigenvalue weighted by Gasteiger charge is -2.17. The summed E-state index contributed by atoms with van der Waals surface area (Å²) in [6.07, 6.45) is 3.66. The van der Waals surface area contributed by atoms with Gasteiger partial charge in [-0.25, -0.2) is 8.42 Å². The number of nitrogens with zero attached hydrogens (tertiary/aromatic N) is 2. The summed E-state index contributed by atoms with van der Waals surface area (Å²) in [5.41, 5.74) is 0.846. The molecule has 1 aliphatic rings. The molecular formula is C20H23N3O3S2. The molecule has 3 aromatic rings. The Labute approximate surface area is 168 Å². The van der Waals surface area contributed by atoms with Crippen LogP contribution in [0, 0.1) is 0 Å². The number of carbonyl (C=O) groups excluding carboxylic acids is 1. The van der Waals surface area contributed by atoms with Gasteiger partial charge in [0.25, 0.3) is 0 Å². The maximum atomic E-state index is 12.8. The molecule has 1 fully saturated rings. The number of benzene rings is 1. The Balaban J connectivity index is 1.55. The highest BCUT2D eigenvalue weighted by atomic mass is 32.2. The molecule has 0 spiro atoms. The number of carbonyl (C=O) groups is 1. The Morgan fingerprint density at radius 3 is 2.71 bits per heavy atom. The number of hydrogen-bond donors (Lipinski definition) is 1. The van der Waals surface area contributed by atoms with Crippen LogP contribution in [0.25, 0.3) is 10.9 Å². The number of rotatable bonds is 6. The standard InChI is InChI=1S/C20H23N3O3S2/c1-15(20(24)21-14-17-5-4-12-27-17)23-11-8-16-13-18(6-7-19(16)23)28(25,26)22-9-2-3-10-22/h4-8,11-13,15H,2-3,9-10,14H2,1H3,(H,21,24)/t15-/m1/s1. The first-order valence-corrected chi connectivity index (χ1v) is 11.7. The van der Waals surface area contributed by atoms with Crippen LogP contribution in [0.15, 0.2) is 52.9 Å². The quantitative estimate of drug-likeness (QED) is 0.668. The normalized spacial score (nSPS) is 16.5. The predicted octanol–water partition coefficient (Wildman–Crippen LogP) is 3.36. The van der Waals surface area contributed by atoms with Crippen LogP contribution in [0.3, 0.4) is 0 Å². The van der Waals surface area contributed by atoms with Crippen LogP contribution in [0.5, 0.6) is 0 Å². The van der Waals surface area contributed by atoms with Crippen molar-refractivity contribution in [2.24, 2.45) is 0 Å². The van der Waals surface area contributed by atoms with Crippen LogP contribution in [-0.2, 0) is 21.4 Å². The van der Waals surface area contributed by atoms with Crippen LogP contribution in [0.4, 0.5) is 0 Å². The van der Waals surface area contributed by atoms with E-state index in [9.17, 15) is 13.2 Å². The second-order valence-electron chi connectivity index (χ2n) is 7.03. The van der Waals surface area contributed by atoms with Crippen LogP contribution in [0.2, 0.25) is 0 Å². The van der Waals surface area contributed by atoms with Crippen molar-refractivity contribution in [3.63, 3.8) is 0 Å². The third kappa shape index (κ3) is 3.59. The van der Waals surface area contributed by atoms with Gasteiger partial charge in [-0.15, -0.1) is 11.3 Å². The number of sulfonamides is 1. The molecule has 6 nitrogen and oxygen atoms in total. The molecule has 2 aromatic heterocycles. The third-order valence-electron chi connectivity index (χ3n) is 5.21. The van der Waals surface area contributed by atoms with Crippen molar-refractivity contribution in [1.29, 1.82) is 0 Å². The van der Waals surface area contributed by atoms with E-state index in [1.807, 2.05) is 41.3 Å². The van der Waals surface area contributed by atoms with E-state index >= 15 is 0 Å². The molecule has 1 aliphatic heterocycles. The van der Waals surface area contributed by atoms with Gasteiger partial charge < -0.3 is 9.88 Å². The zero-order valence-electron chi connectivity index (χ0n) is 15.7. The first-order chi connectivity index (χ1) is 13.5. The lowest BCUT2D eigenvalue weighted by molar-refractivity contribution is -0.123. The average Bonchev–Trinajstić information content (AvgIpc) is 3.46. The lowest BCUT2D eigenvalue weighted by atomic mass is 10.2. The van der Waals surface area contributed by atoms with Crippen molar-refractivity contribution in [2.45, 2.75) is 37.2 Å². The number of fused-ring (bicyclic) bond motifs is 1. The molecule has 28 heavy (non-hydrogen) atoms. The SMILES string of the molecule is C[C@H](C(=O)NCc1cccs1)n1ccc2cc(S(=O)(=O)N3CCCC3)ccc21. The number of aromatic nitrogens is 1. The summed E-state index contributed by atoms with van der Waals surface area (Å²) in [6, 6.07) is 10.6. The van der Waals surface area contributed by atoms with Gasteiger partial charge >= 0.3 is 0 Å². The highest BCUT2D eigenvalue weighted by Crippen LogP contribution is 2.27. The second-order valence-corrected chi connectivity index (χ2v) is 10.00. The van der Waals surface area contributed by atoms with Gasteiger partial charge in [-0.2, -0.15) is 4.31 Å². The largest absolute Gasteiger partial charge is 0.349 e. The molecule has 0 aliphatic carbocycles. The average molecular weight is 418 g/mol. The van der Waals surface area contributed by atoms with E-state index in [1.54, 1.807) is 33.8 Å². The topological polar surface area (TPSA) is 71.4 Å². The summed E-state index contributed by atoms with van der Waals surface area (Å²) >= 11 is 1.61. The molecule has 0 radical (unpaired) electrons. The number of amides is 1. The van der Waals surface area contributed by atoms with Gasteiger partial charge in [0.1, 0.15) is 6.04 Å². The van der Waals surface area contributed by atoms with Crippen molar-refractivity contribution >= 4 is 38.2 Å². The Hall–Kier alpha value is -2.16. The van der Waals surface area contributed by atoms with Crippen molar-refractivity contribution in [3.05, 3.63) is 52.9 Å². The number of hydrogen-bond acceptors (Lipinski definition) is 4. The van der Waals surface area contributed by atoms with Gasteiger partial charge in [-0.3, -0.25) is 4.79 Å². The first kappa shape index (κ1) is 19.2. The van der Waals surface area contributed by atoms with E-state index in [0.29, 0.717) is 24.5 Å². The Kier molecular flexibility index (Phi) is 5.27. The van der Waals surface area contributed by atoms with E-state index in [-0.39, 0.29) is 5.91 Å². The molecule has 1 saturated heterocycles. The summed E-state index contributed by atoms with van der Waals surface area (Å²) in [5, 5.41) is 5.76. The minimum atomic E-state index is -3.45. The molecule has 1 N–H and O–H groups in total. The molecule has 4 rings (SSSR count). The van der Waals surface area contributed by atoms with Crippen LogP contribution >= 0.6 is 11.3 Å². The minimum Gasteiger partial charge on any atom is -0.349 e. The highest BCUT2D eigenvalue weighted by Gasteiger charge is 2.27. The molecule has 0 saturated carbocycles. The molecule has 1 aromatic carbocycles. The monoisotopic (exact) mass is 417 g/mol. The van der Waals surface area contributed by atoms with E-state index in [4.69, 9.17) is 0 Å². The van der Waals surface area contributed by atoms with Crippen molar-refractivity contribution in [3.8, 4) is 0 Å². The fraction of sp³-hybridized carbons (Fsp3) is 0.350. The molecule has 1 atom stereocenters. The van der Waals surface area contributed by atoms with Gasteiger partial charge in [0.05, 0.1) is 11.4 Å². The number of nitrogens with one attached hydrogen (secondary N) is 1. The van der Waals surface area contributed by atoms with Gasteiger partial charge in [0.15, 0.2) is 0 Å². The van der Waals surface area contributed by atoms with Crippen LogP contribution < -0.4 is 5.32 Å². The summed E-state index contributed by atoms with van der Waals surface area (Å²) in [6.45, 7) is 3.53. The zero-order valence-corrected chi connectivity index (χ0v) is 17.3. The van der Waals surface area contributed by atoms with Crippen molar-refractivity contribution < 1.29 is 13.2 Å². The summed E-state index contributed by atoms with van der Waals surface area (Å²) in [7, 11) is -3.45. The summed E-state index contributed by atoms with van der Waals surface area (Å²) in [4.78, 5) is 14.0. The predicted molar refractivity (Wildman–Crippen MR) is 111 cm³/mol. The maximum absolute atomic E-state index is 12.8. The van der Waals surface area contributed by atoms with Gasteiger partial charge in [-0.05, 0) is 55.5 Å². The number of thiophene rings is 1. The van der Waals surface area contributed by atoms with Gasteiger partial charge in [0.2, 0.25) is 15.9 Å². The van der Waals surface area contributed by atoms with E-state index in [2.05, 4.69) is 5.32 Å². The first-order valence-electron chi connectivity index (χ1n) is 9.37. The molecule has 0 unspecified atom stereocenters. The molecule has 3 heterocycles. The summed E-state index contributed by atoms with van der Waals surface area (Å²) in [5.74, 6) is -0.0698. The zero-order chi connectivity index (χ0) is 19.7. The van der Waals surface area contributed by atoms with Gasteiger partial charge in [-0.1, -0.05) is 6.07 Å². The minimum absolute atomic E-state index is 0.0698. The Morgan fingerprint density at radius 2 is 2.00 bits per heavy atom. The maximum Gasteiger partial charge on any atom is 0.243 e.